The van der Waals surface area contributed by atoms with E-state index in [0.717, 1.165) is 0 Å². The molecule has 39 heavy (non-hydrogen) atoms. The molecule has 208 valence electrons. The lowest BCUT2D eigenvalue weighted by Crippen LogP contribution is -2.57. The standard InChI is InChI=1S/C30H37N3O6/c1-5-38-21-13-11-20(12-14-21)32-26(35)23-24-28(37)33(22(17-34)19-9-7-6-8-10-19)25(27(36)31-18(2)3)30(24)16-15-29(23,4)39-30/h6-14,18,22-25,34H,5,15-17H2,1-4H3,(H,31,36)(H,32,35)/t22-,23-,24+,25?,29+,30?/m1/s1. The largest absolute Gasteiger partial charge is 0.494 e. The molecule has 3 aliphatic rings. The molecule has 2 unspecified atom stereocenters. The number of aliphatic hydroxyl groups excluding tert-OH is 1. The lowest BCUT2D eigenvalue weighted by atomic mass is 9.66. The van der Waals surface area contributed by atoms with Gasteiger partial charge in [0.15, 0.2) is 0 Å². The Balaban J connectivity index is 1.53. The van der Waals surface area contributed by atoms with Crippen molar-refractivity contribution in [2.45, 2.75) is 69.9 Å². The molecular formula is C30H37N3O6. The average Bonchev–Trinajstić information content (AvgIpc) is 3.47. The second-order valence-corrected chi connectivity index (χ2v) is 11.2. The molecule has 3 fully saturated rings. The van der Waals surface area contributed by atoms with E-state index < -0.39 is 35.1 Å². The molecule has 0 radical (unpaired) electrons. The normalized spacial score (nSPS) is 29.8. The van der Waals surface area contributed by atoms with E-state index in [1.165, 1.54) is 4.90 Å². The summed E-state index contributed by atoms with van der Waals surface area (Å²) in [4.78, 5) is 43.4. The van der Waals surface area contributed by atoms with Crippen LogP contribution in [0.15, 0.2) is 54.6 Å². The molecule has 2 bridgehead atoms. The minimum atomic E-state index is -1.17. The second-order valence-electron chi connectivity index (χ2n) is 11.2. The molecule has 3 aliphatic heterocycles. The lowest BCUT2D eigenvalue weighted by Gasteiger charge is -2.37. The Morgan fingerprint density at radius 1 is 1.10 bits per heavy atom. The van der Waals surface area contributed by atoms with Crippen molar-refractivity contribution in [3.63, 3.8) is 0 Å². The van der Waals surface area contributed by atoms with Gasteiger partial charge in [0.05, 0.1) is 36.7 Å². The first-order valence-corrected chi connectivity index (χ1v) is 13.7. The molecule has 9 nitrogen and oxygen atoms in total. The summed E-state index contributed by atoms with van der Waals surface area (Å²) >= 11 is 0. The molecule has 6 atom stereocenters. The predicted octanol–water partition coefficient (Wildman–Crippen LogP) is 3.05. The number of ether oxygens (including phenoxy) is 2. The van der Waals surface area contributed by atoms with Crippen LogP contribution in [-0.4, -0.2) is 64.2 Å². The van der Waals surface area contributed by atoms with E-state index in [4.69, 9.17) is 9.47 Å². The molecule has 0 aromatic heterocycles. The molecule has 2 aromatic carbocycles. The third-order valence-electron chi connectivity index (χ3n) is 8.30. The highest BCUT2D eigenvalue weighted by atomic mass is 16.5. The number of carbonyl (C=O) groups is 3. The van der Waals surface area contributed by atoms with Crippen molar-refractivity contribution in [1.82, 2.24) is 10.2 Å². The van der Waals surface area contributed by atoms with Crippen molar-refractivity contribution in [3.8, 4) is 5.75 Å². The monoisotopic (exact) mass is 535 g/mol. The Kier molecular flexibility index (Phi) is 7.15. The Bertz CT molecular complexity index is 1240. The van der Waals surface area contributed by atoms with Crippen LogP contribution in [0.3, 0.4) is 0 Å². The zero-order chi connectivity index (χ0) is 27.9. The van der Waals surface area contributed by atoms with Crippen molar-refractivity contribution in [2.75, 3.05) is 18.5 Å². The quantitative estimate of drug-likeness (QED) is 0.455. The molecule has 1 spiro atoms. The average molecular weight is 536 g/mol. The van der Waals surface area contributed by atoms with Gasteiger partial charge in [0.1, 0.15) is 17.4 Å². The number of benzene rings is 2. The van der Waals surface area contributed by atoms with Crippen molar-refractivity contribution in [1.29, 1.82) is 0 Å². The molecule has 3 N–H and O–H groups in total. The Labute approximate surface area is 228 Å². The summed E-state index contributed by atoms with van der Waals surface area (Å²) in [5, 5.41) is 16.4. The van der Waals surface area contributed by atoms with Gasteiger partial charge in [-0.2, -0.15) is 0 Å². The van der Waals surface area contributed by atoms with E-state index in [-0.39, 0.29) is 30.4 Å². The number of likely N-dealkylation sites (tertiary alicyclic amines) is 1. The topological polar surface area (TPSA) is 117 Å². The van der Waals surface area contributed by atoms with Gasteiger partial charge in [-0.3, -0.25) is 14.4 Å². The van der Waals surface area contributed by atoms with E-state index >= 15 is 0 Å². The molecule has 3 saturated heterocycles. The summed E-state index contributed by atoms with van der Waals surface area (Å²) in [6.45, 7) is 7.64. The van der Waals surface area contributed by atoms with Crippen LogP contribution in [0.25, 0.3) is 0 Å². The number of fused-ring (bicyclic) bond motifs is 1. The van der Waals surface area contributed by atoms with Crippen LogP contribution in [-0.2, 0) is 19.1 Å². The maximum atomic E-state index is 14.3. The fraction of sp³-hybridized carbons (Fsp3) is 0.500. The number of nitrogens with zero attached hydrogens (tertiary/aromatic N) is 1. The van der Waals surface area contributed by atoms with Gasteiger partial charge in [-0.25, -0.2) is 0 Å². The summed E-state index contributed by atoms with van der Waals surface area (Å²) in [6, 6.07) is 14.3. The van der Waals surface area contributed by atoms with Crippen LogP contribution in [0, 0.1) is 11.8 Å². The van der Waals surface area contributed by atoms with Crippen molar-refractivity contribution < 1.29 is 29.0 Å². The number of anilines is 1. The van der Waals surface area contributed by atoms with E-state index in [1.54, 1.807) is 24.3 Å². The third kappa shape index (κ3) is 4.47. The highest BCUT2D eigenvalue weighted by Crippen LogP contribution is 2.64. The van der Waals surface area contributed by atoms with E-state index in [0.29, 0.717) is 36.4 Å². The molecular weight excluding hydrogens is 498 g/mol. The Hall–Kier alpha value is -3.43. The maximum Gasteiger partial charge on any atom is 0.246 e. The van der Waals surface area contributed by atoms with Gasteiger partial charge >= 0.3 is 0 Å². The highest BCUT2D eigenvalue weighted by molar-refractivity contribution is 6.02. The first-order valence-electron chi connectivity index (χ1n) is 13.7. The predicted molar refractivity (Wildman–Crippen MR) is 145 cm³/mol. The SMILES string of the molecule is CCOc1ccc(NC(=O)[C@H]2[C@H]3C(=O)N([C@H](CO)c4ccccc4)C(C(=O)NC(C)C)C34CC[C@]2(C)O4)cc1. The fourth-order valence-corrected chi connectivity index (χ4v) is 6.81. The maximum absolute atomic E-state index is 14.3. The zero-order valence-corrected chi connectivity index (χ0v) is 22.8. The van der Waals surface area contributed by atoms with Crippen molar-refractivity contribution >= 4 is 23.4 Å². The van der Waals surface area contributed by atoms with Crippen LogP contribution in [0.5, 0.6) is 5.75 Å². The molecule has 5 rings (SSSR count). The summed E-state index contributed by atoms with van der Waals surface area (Å²) in [5.74, 6) is -1.99. The van der Waals surface area contributed by atoms with E-state index in [1.807, 2.05) is 58.0 Å². The molecule has 3 amide bonds. The lowest BCUT2D eigenvalue weighted by molar-refractivity contribution is -0.149. The minimum absolute atomic E-state index is 0.165. The van der Waals surface area contributed by atoms with E-state index in [2.05, 4.69) is 10.6 Å². The number of amides is 3. The van der Waals surface area contributed by atoms with Gasteiger partial charge in [-0.1, -0.05) is 30.3 Å². The first-order chi connectivity index (χ1) is 18.6. The van der Waals surface area contributed by atoms with Gasteiger partial charge < -0.3 is 30.1 Å². The number of rotatable bonds is 9. The van der Waals surface area contributed by atoms with Crippen LogP contribution < -0.4 is 15.4 Å². The van der Waals surface area contributed by atoms with Gasteiger partial charge in [-0.05, 0) is 70.4 Å². The first kappa shape index (κ1) is 27.1. The summed E-state index contributed by atoms with van der Waals surface area (Å²) in [5.41, 5.74) is -0.783. The number of carbonyl (C=O) groups excluding carboxylic acids is 3. The summed E-state index contributed by atoms with van der Waals surface area (Å²) < 4.78 is 12.1. The van der Waals surface area contributed by atoms with Gasteiger partial charge in [0.2, 0.25) is 17.7 Å². The zero-order valence-electron chi connectivity index (χ0n) is 22.8. The Morgan fingerprint density at radius 3 is 2.41 bits per heavy atom. The molecule has 9 heteroatoms. The fourth-order valence-electron chi connectivity index (χ4n) is 6.81. The van der Waals surface area contributed by atoms with Crippen molar-refractivity contribution in [2.24, 2.45) is 11.8 Å². The summed E-state index contributed by atoms with van der Waals surface area (Å²) in [7, 11) is 0. The number of hydrogen-bond donors (Lipinski definition) is 3. The Morgan fingerprint density at radius 2 is 1.79 bits per heavy atom. The van der Waals surface area contributed by atoms with Crippen molar-refractivity contribution in [3.05, 3.63) is 60.2 Å². The number of aliphatic hydroxyl groups is 1. The molecule has 0 aliphatic carbocycles. The van der Waals surface area contributed by atoms with Gasteiger partial charge in [0.25, 0.3) is 0 Å². The molecule has 0 saturated carbocycles. The highest BCUT2D eigenvalue weighted by Gasteiger charge is 2.78. The number of nitrogens with one attached hydrogen (secondary N) is 2. The van der Waals surface area contributed by atoms with Gasteiger partial charge in [0, 0.05) is 11.7 Å². The van der Waals surface area contributed by atoms with Crippen LogP contribution >= 0.6 is 0 Å². The summed E-state index contributed by atoms with van der Waals surface area (Å²) in [6.07, 6.45) is 0.999. The van der Waals surface area contributed by atoms with Crippen LogP contribution in [0.1, 0.15) is 52.1 Å². The molecule has 3 heterocycles. The smallest absolute Gasteiger partial charge is 0.246 e. The third-order valence-corrected chi connectivity index (χ3v) is 8.30. The second kappa shape index (κ2) is 10.3. The number of hydrogen-bond acceptors (Lipinski definition) is 6. The van der Waals surface area contributed by atoms with E-state index in [9.17, 15) is 19.5 Å². The van der Waals surface area contributed by atoms with Crippen LogP contribution in [0.2, 0.25) is 0 Å². The molecule has 2 aromatic rings. The van der Waals surface area contributed by atoms with Crippen LogP contribution in [0.4, 0.5) is 5.69 Å². The minimum Gasteiger partial charge on any atom is -0.494 e. The van der Waals surface area contributed by atoms with Gasteiger partial charge in [-0.15, -0.1) is 0 Å².